The van der Waals surface area contributed by atoms with Crippen molar-refractivity contribution in [3.63, 3.8) is 0 Å². The number of halogens is 3. The molecule has 0 amide bonds. The molecule has 0 unspecified atom stereocenters. The number of allylic oxidation sites excluding steroid dienone is 2. The summed E-state index contributed by atoms with van der Waals surface area (Å²) < 4.78 is 37.9. The number of H-pyrrole nitrogens is 1. The Morgan fingerprint density at radius 3 is 2.82 bits per heavy atom. The maximum atomic E-state index is 12.6. The molecule has 1 fully saturated rings. The lowest BCUT2D eigenvalue weighted by atomic mass is 10.0. The zero-order valence-electron chi connectivity index (χ0n) is 18.0. The van der Waals surface area contributed by atoms with E-state index in [0.29, 0.717) is 16.9 Å². The predicted octanol–water partition coefficient (Wildman–Crippen LogP) is 4.03. The minimum atomic E-state index is -4.30. The Labute approximate surface area is 193 Å². The molecule has 2 aromatic rings. The number of piperidine rings is 1. The maximum absolute atomic E-state index is 12.6. The lowest BCUT2D eigenvalue weighted by Gasteiger charge is -2.33. The molecule has 0 aliphatic carbocycles. The van der Waals surface area contributed by atoms with Crippen molar-refractivity contribution in [1.29, 1.82) is 10.7 Å². The summed E-state index contributed by atoms with van der Waals surface area (Å²) in [7, 11) is 0. The second-order valence-corrected chi connectivity index (χ2v) is 9.46. The third-order valence-corrected chi connectivity index (χ3v) is 6.89. The van der Waals surface area contributed by atoms with E-state index in [2.05, 4.69) is 26.3 Å². The van der Waals surface area contributed by atoms with Crippen molar-refractivity contribution < 1.29 is 13.2 Å². The van der Waals surface area contributed by atoms with Crippen LogP contribution in [-0.4, -0.2) is 45.2 Å². The molecule has 0 spiro atoms. The second kappa shape index (κ2) is 9.11. The van der Waals surface area contributed by atoms with Crippen molar-refractivity contribution in [3.8, 4) is 6.07 Å². The average molecular weight is 476 g/mol. The lowest BCUT2D eigenvalue weighted by Crippen LogP contribution is -2.43. The molecule has 1 saturated heterocycles. The van der Waals surface area contributed by atoms with E-state index in [0.717, 1.165) is 60.8 Å². The molecule has 0 radical (unpaired) electrons. The summed E-state index contributed by atoms with van der Waals surface area (Å²) in [5.74, 6) is 0.259. The first-order chi connectivity index (χ1) is 15.6. The smallest absolute Gasteiger partial charge is 0.385 e. The average Bonchev–Trinajstić information content (AvgIpc) is 3.33. The van der Waals surface area contributed by atoms with Gasteiger partial charge in [-0.15, -0.1) is 0 Å². The molecule has 2 aromatic heterocycles. The molecule has 0 bridgehead atoms. The van der Waals surface area contributed by atoms with Crippen LogP contribution in [-0.2, 0) is 6.54 Å². The van der Waals surface area contributed by atoms with Gasteiger partial charge >= 0.3 is 6.18 Å². The number of aromatic nitrogens is 2. The van der Waals surface area contributed by atoms with Crippen molar-refractivity contribution in [2.24, 2.45) is 5.73 Å². The number of likely N-dealkylation sites (tertiary alicyclic amines) is 1. The van der Waals surface area contributed by atoms with Crippen LogP contribution in [0.25, 0.3) is 11.0 Å². The summed E-state index contributed by atoms with van der Waals surface area (Å²) in [4.78, 5) is 9.85. The third kappa shape index (κ3) is 5.34. The summed E-state index contributed by atoms with van der Waals surface area (Å²) in [6.45, 7) is 4.44. The van der Waals surface area contributed by atoms with Gasteiger partial charge in [-0.25, -0.2) is 4.98 Å². The Morgan fingerprint density at radius 1 is 1.42 bits per heavy atom. The Balaban J connectivity index is 1.35. The van der Waals surface area contributed by atoms with Crippen LogP contribution in [0.4, 0.5) is 13.2 Å². The zero-order chi connectivity index (χ0) is 23.8. The molecule has 0 atom stereocenters. The summed E-state index contributed by atoms with van der Waals surface area (Å²) in [5, 5.41) is 21.3. The Bertz CT molecular complexity index is 1180. The number of alkyl halides is 3. The number of nitrogens with one attached hydrogen (secondary N) is 3. The van der Waals surface area contributed by atoms with Gasteiger partial charge in [0.15, 0.2) is 0 Å². The third-order valence-electron chi connectivity index (χ3n) is 5.94. The fraction of sp³-hybridized carbons (Fsp3) is 0.409. The summed E-state index contributed by atoms with van der Waals surface area (Å²) in [6.07, 6.45) is -0.494. The first-order valence-electron chi connectivity index (χ1n) is 10.5. The number of fused-ring (bicyclic) bond motifs is 1. The van der Waals surface area contributed by atoms with Crippen LogP contribution in [0, 0.1) is 23.7 Å². The van der Waals surface area contributed by atoms with Gasteiger partial charge in [0.1, 0.15) is 28.3 Å². The molecule has 5 N–H and O–H groups in total. The number of nitrogens with two attached hydrogens (primary N) is 1. The highest BCUT2D eigenvalue weighted by Gasteiger charge is 2.33. The lowest BCUT2D eigenvalue weighted by molar-refractivity contribution is -0.125. The molecular weight excluding hydrogens is 451 g/mol. The largest absolute Gasteiger partial charge is 0.393 e. The first kappa shape index (κ1) is 23.2. The molecule has 11 heteroatoms. The number of aromatic amines is 1. The van der Waals surface area contributed by atoms with Crippen LogP contribution in [0.5, 0.6) is 0 Å². The van der Waals surface area contributed by atoms with E-state index in [4.69, 9.17) is 16.4 Å². The van der Waals surface area contributed by atoms with Crippen molar-refractivity contribution in [2.75, 3.05) is 13.1 Å². The number of nitriles is 1. The number of hydrogen-bond donors (Lipinski definition) is 4. The Morgan fingerprint density at radius 2 is 2.15 bits per heavy atom. The van der Waals surface area contributed by atoms with Crippen molar-refractivity contribution in [1.82, 2.24) is 20.2 Å². The monoisotopic (exact) mass is 475 g/mol. The fourth-order valence-corrected chi connectivity index (χ4v) is 5.12. The normalized spacial score (nSPS) is 19.6. The Hall–Kier alpha value is -2.97. The molecule has 4 rings (SSSR count). The van der Waals surface area contributed by atoms with E-state index in [1.165, 1.54) is 6.08 Å². The van der Waals surface area contributed by atoms with Crippen LogP contribution in [0.3, 0.4) is 0 Å². The van der Waals surface area contributed by atoms with Gasteiger partial charge in [0.05, 0.1) is 6.42 Å². The minimum Gasteiger partial charge on any atom is -0.385 e. The van der Waals surface area contributed by atoms with Gasteiger partial charge < -0.3 is 16.0 Å². The van der Waals surface area contributed by atoms with Crippen LogP contribution >= 0.6 is 11.8 Å². The number of hydrogen-bond acceptors (Lipinski definition) is 7. The molecule has 2 aliphatic heterocycles. The summed E-state index contributed by atoms with van der Waals surface area (Å²) >= 11 is 0.810. The van der Waals surface area contributed by atoms with Crippen molar-refractivity contribution >= 4 is 27.8 Å². The van der Waals surface area contributed by atoms with E-state index in [-0.39, 0.29) is 21.8 Å². The van der Waals surface area contributed by atoms with Gasteiger partial charge in [-0.2, -0.15) is 18.4 Å². The number of nitrogens with zero attached hydrogens (tertiary/aromatic N) is 3. The van der Waals surface area contributed by atoms with Crippen LogP contribution < -0.4 is 11.1 Å². The van der Waals surface area contributed by atoms with Crippen molar-refractivity contribution in [3.05, 3.63) is 51.5 Å². The second-order valence-electron chi connectivity index (χ2n) is 8.32. The molecule has 0 aromatic carbocycles. The molecule has 4 heterocycles. The number of pyridine rings is 1. The molecule has 33 heavy (non-hydrogen) atoms. The topological polar surface area (TPSA) is 118 Å². The molecular formula is C22H24F3N7S. The molecule has 2 aliphatic rings. The van der Waals surface area contributed by atoms with Gasteiger partial charge in [-0.05, 0) is 43.0 Å². The standard InChI is InChI=1S/C22H24F3N7S/c1-12-13(10-29-21-17(12)6-15(9-26)31-21)11-32-4-2-14(3-5-32)30-19(27)18-7-16(33-20(18)28)8-22(23,24)25/h6-7,10,14,28,30H,2-5,8,11,27H2,1H3,(H,29,31)/b19-18+,28-20?. The fourth-order valence-electron chi connectivity index (χ4n) is 4.16. The predicted molar refractivity (Wildman–Crippen MR) is 122 cm³/mol. The highest BCUT2D eigenvalue weighted by molar-refractivity contribution is 8.18. The van der Waals surface area contributed by atoms with E-state index in [1.807, 2.05) is 19.2 Å². The number of rotatable bonds is 5. The number of thioether (sulfide) groups is 1. The van der Waals surface area contributed by atoms with Crippen LogP contribution in [0.2, 0.25) is 0 Å². The molecule has 0 saturated carbocycles. The first-order valence-corrected chi connectivity index (χ1v) is 11.3. The SMILES string of the molecule is Cc1c(CN2CCC(N/C(N)=C3\C=C(CC(F)(F)F)SC3=N)CC2)cnc2[nH]c(C#N)cc12. The van der Waals surface area contributed by atoms with Gasteiger partial charge in [0, 0.05) is 47.7 Å². The zero-order valence-corrected chi connectivity index (χ0v) is 18.8. The van der Waals surface area contributed by atoms with Gasteiger partial charge in [0.2, 0.25) is 0 Å². The molecule has 7 nitrogen and oxygen atoms in total. The van der Waals surface area contributed by atoms with Crippen LogP contribution in [0.15, 0.2) is 34.6 Å². The highest BCUT2D eigenvalue weighted by atomic mass is 32.2. The van der Waals surface area contributed by atoms with E-state index in [1.54, 1.807) is 0 Å². The van der Waals surface area contributed by atoms with E-state index in [9.17, 15) is 13.2 Å². The van der Waals surface area contributed by atoms with Gasteiger partial charge in [0.25, 0.3) is 0 Å². The quantitative estimate of drug-likeness (QED) is 0.519. The van der Waals surface area contributed by atoms with Crippen molar-refractivity contribution in [2.45, 2.75) is 44.9 Å². The van der Waals surface area contributed by atoms with E-state index < -0.39 is 12.6 Å². The van der Waals surface area contributed by atoms with E-state index >= 15 is 0 Å². The van der Waals surface area contributed by atoms with Gasteiger partial charge in [-0.3, -0.25) is 10.3 Å². The number of aryl methyl sites for hydroxylation is 1. The Kier molecular flexibility index (Phi) is 6.41. The van der Waals surface area contributed by atoms with Gasteiger partial charge in [-0.1, -0.05) is 11.8 Å². The highest BCUT2D eigenvalue weighted by Crippen LogP contribution is 2.38. The maximum Gasteiger partial charge on any atom is 0.393 e. The molecule has 174 valence electrons. The summed E-state index contributed by atoms with van der Waals surface area (Å²) in [6, 6.07) is 4.02. The minimum absolute atomic E-state index is 0.0411. The summed E-state index contributed by atoms with van der Waals surface area (Å²) in [5.41, 5.74) is 9.86. The van der Waals surface area contributed by atoms with Crippen LogP contribution in [0.1, 0.15) is 36.1 Å².